The lowest BCUT2D eigenvalue weighted by Crippen LogP contribution is -2.15. The number of hydrogen-bond donors (Lipinski definition) is 2. The second-order valence-corrected chi connectivity index (χ2v) is 5.51. The molecule has 0 bridgehead atoms. The van der Waals surface area contributed by atoms with E-state index in [-0.39, 0.29) is 0 Å². The van der Waals surface area contributed by atoms with Gasteiger partial charge >= 0.3 is 0 Å². The van der Waals surface area contributed by atoms with E-state index in [2.05, 4.69) is 25.4 Å². The molecular weight excluding hydrogens is 306 g/mol. The Balaban J connectivity index is 1.65. The lowest BCUT2D eigenvalue weighted by Gasteiger charge is -2.18. The fourth-order valence-electron chi connectivity index (χ4n) is 2.91. The van der Waals surface area contributed by atoms with Crippen molar-refractivity contribution in [2.24, 2.45) is 0 Å². The Morgan fingerprint density at radius 2 is 1.75 bits per heavy atom. The molecule has 0 radical (unpaired) electrons. The molecule has 5 rings (SSSR count). The lowest BCUT2D eigenvalue weighted by atomic mass is 10.0. The smallest absolute Gasteiger partial charge is 0.180 e. The quantitative estimate of drug-likeness (QED) is 0.593. The summed E-state index contributed by atoms with van der Waals surface area (Å²) in [4.78, 5) is 4.20. The number of rotatable bonds is 2. The summed E-state index contributed by atoms with van der Waals surface area (Å²) >= 11 is 0. The molecule has 2 aromatic heterocycles. The number of aromatic nitrogens is 5. The van der Waals surface area contributed by atoms with Gasteiger partial charge in [0, 0.05) is 16.5 Å². The average Bonchev–Trinajstić information content (AvgIpc) is 3.30. The van der Waals surface area contributed by atoms with Crippen LogP contribution in [0.4, 0.5) is 0 Å². The van der Waals surface area contributed by atoms with Gasteiger partial charge in [-0.15, -0.1) is 0 Å². The van der Waals surface area contributed by atoms with Crippen molar-refractivity contribution in [2.45, 2.75) is 0 Å². The highest BCUT2D eigenvalue weighted by molar-refractivity contribution is 5.95. The van der Waals surface area contributed by atoms with Crippen LogP contribution in [-0.2, 0) is 0 Å². The molecule has 4 aromatic rings. The summed E-state index contributed by atoms with van der Waals surface area (Å²) in [5.74, 6) is 2.18. The highest BCUT2D eigenvalue weighted by Gasteiger charge is 2.16. The first-order valence-corrected chi connectivity index (χ1v) is 7.63. The predicted molar refractivity (Wildman–Crippen MR) is 87.9 cm³/mol. The average molecular weight is 319 g/mol. The fraction of sp³-hybridized carbons (Fsp3) is 0.118. The maximum absolute atomic E-state index is 5.67. The van der Waals surface area contributed by atoms with Crippen LogP contribution in [-0.4, -0.2) is 38.6 Å². The van der Waals surface area contributed by atoms with E-state index in [1.807, 2.05) is 36.4 Å². The van der Waals surface area contributed by atoms with Crippen molar-refractivity contribution in [3.63, 3.8) is 0 Å². The molecule has 3 heterocycles. The van der Waals surface area contributed by atoms with Crippen LogP contribution in [0.5, 0.6) is 11.5 Å². The number of H-pyrrole nitrogens is 2. The van der Waals surface area contributed by atoms with Gasteiger partial charge in [0.25, 0.3) is 0 Å². The van der Waals surface area contributed by atoms with E-state index in [0.29, 0.717) is 19.0 Å². The van der Waals surface area contributed by atoms with E-state index >= 15 is 0 Å². The molecule has 7 nitrogen and oxygen atoms in total. The summed E-state index contributed by atoms with van der Waals surface area (Å²) in [5.41, 5.74) is 3.72. The molecule has 0 unspecified atom stereocenters. The van der Waals surface area contributed by atoms with Gasteiger partial charge in [-0.05, 0) is 36.4 Å². The minimum Gasteiger partial charge on any atom is -0.486 e. The second kappa shape index (κ2) is 5.09. The fourth-order valence-corrected chi connectivity index (χ4v) is 2.91. The molecule has 1 aliphatic heterocycles. The van der Waals surface area contributed by atoms with Gasteiger partial charge in [-0.3, -0.25) is 10.2 Å². The van der Waals surface area contributed by atoms with E-state index in [1.165, 1.54) is 0 Å². The van der Waals surface area contributed by atoms with Crippen LogP contribution in [0.1, 0.15) is 0 Å². The highest BCUT2D eigenvalue weighted by Crippen LogP contribution is 2.36. The summed E-state index contributed by atoms with van der Waals surface area (Å²) in [6.07, 6.45) is 1.57. The Bertz CT molecular complexity index is 1020. The van der Waals surface area contributed by atoms with Crippen LogP contribution in [0.15, 0.2) is 42.7 Å². The minimum absolute atomic E-state index is 0.562. The number of hydrogen-bond acceptors (Lipinski definition) is 5. The first-order valence-electron chi connectivity index (χ1n) is 7.63. The molecule has 7 heteroatoms. The molecular formula is C17H13N5O2. The zero-order chi connectivity index (χ0) is 15.9. The normalized spacial score (nSPS) is 13.3. The second-order valence-electron chi connectivity index (χ2n) is 5.51. The van der Waals surface area contributed by atoms with Crippen LogP contribution in [0.3, 0.4) is 0 Å². The van der Waals surface area contributed by atoms with Gasteiger partial charge < -0.3 is 9.47 Å². The first kappa shape index (κ1) is 13.1. The van der Waals surface area contributed by atoms with Crippen LogP contribution >= 0.6 is 0 Å². The van der Waals surface area contributed by atoms with Gasteiger partial charge in [0.1, 0.15) is 25.2 Å². The molecule has 118 valence electrons. The zero-order valence-electron chi connectivity index (χ0n) is 12.6. The van der Waals surface area contributed by atoms with Crippen molar-refractivity contribution >= 4 is 10.9 Å². The number of ether oxygens (including phenoxy) is 2. The van der Waals surface area contributed by atoms with Crippen LogP contribution in [0, 0.1) is 0 Å². The van der Waals surface area contributed by atoms with E-state index in [1.54, 1.807) is 6.33 Å². The molecule has 24 heavy (non-hydrogen) atoms. The Morgan fingerprint density at radius 1 is 0.875 bits per heavy atom. The standard InChI is InChI=1S/C17H13N5O2/c1-3-13-12(7-11(1)17-18-9-19-22-17)16(21-20-13)10-2-4-14-15(8-10)24-6-5-23-14/h1-4,7-9H,5-6H2,(H,20,21)(H,18,19,22). The lowest BCUT2D eigenvalue weighted by molar-refractivity contribution is 0.171. The number of nitrogens with one attached hydrogen (secondary N) is 2. The maximum atomic E-state index is 5.67. The van der Waals surface area contributed by atoms with Crippen molar-refractivity contribution in [1.82, 2.24) is 25.4 Å². The SMILES string of the molecule is c1nc(-c2ccc3[nH]nc(-c4ccc5c(c4)OCCO5)c3c2)n[nH]1. The van der Waals surface area contributed by atoms with E-state index in [4.69, 9.17) is 9.47 Å². The summed E-state index contributed by atoms with van der Waals surface area (Å²) in [7, 11) is 0. The predicted octanol–water partition coefficient (Wildman–Crippen LogP) is 2.79. The van der Waals surface area contributed by atoms with E-state index < -0.39 is 0 Å². The largest absolute Gasteiger partial charge is 0.486 e. The van der Waals surface area contributed by atoms with Crippen molar-refractivity contribution in [3.8, 4) is 34.1 Å². The van der Waals surface area contributed by atoms with Crippen molar-refractivity contribution < 1.29 is 9.47 Å². The van der Waals surface area contributed by atoms with Gasteiger partial charge in [0.2, 0.25) is 0 Å². The third-order valence-corrected chi connectivity index (χ3v) is 4.05. The van der Waals surface area contributed by atoms with E-state index in [9.17, 15) is 0 Å². The topological polar surface area (TPSA) is 88.7 Å². The van der Waals surface area contributed by atoms with Gasteiger partial charge in [-0.1, -0.05) is 0 Å². The Kier molecular flexibility index (Phi) is 2.78. The molecule has 0 aliphatic carbocycles. The van der Waals surface area contributed by atoms with Gasteiger partial charge in [-0.25, -0.2) is 4.98 Å². The summed E-state index contributed by atoms with van der Waals surface area (Å²) in [6, 6.07) is 11.9. The summed E-state index contributed by atoms with van der Waals surface area (Å²) in [5, 5.41) is 15.4. The summed E-state index contributed by atoms with van der Waals surface area (Å²) < 4.78 is 11.2. The molecule has 0 saturated heterocycles. The van der Waals surface area contributed by atoms with Crippen molar-refractivity contribution in [3.05, 3.63) is 42.7 Å². The monoisotopic (exact) mass is 319 g/mol. The number of nitrogens with zero attached hydrogens (tertiary/aromatic N) is 3. The molecule has 0 spiro atoms. The highest BCUT2D eigenvalue weighted by atomic mass is 16.6. The van der Waals surface area contributed by atoms with Crippen molar-refractivity contribution in [1.29, 1.82) is 0 Å². The number of fused-ring (bicyclic) bond motifs is 2. The van der Waals surface area contributed by atoms with Crippen LogP contribution < -0.4 is 9.47 Å². The third kappa shape index (κ3) is 2.02. The molecule has 0 fully saturated rings. The molecule has 2 N–H and O–H groups in total. The molecule has 1 aliphatic rings. The van der Waals surface area contributed by atoms with Gasteiger partial charge in [-0.2, -0.15) is 10.2 Å². The molecule has 0 saturated carbocycles. The molecule has 0 atom stereocenters. The first-order chi connectivity index (χ1) is 11.9. The molecule has 2 aromatic carbocycles. The third-order valence-electron chi connectivity index (χ3n) is 4.05. The Labute approximate surface area is 136 Å². The maximum Gasteiger partial charge on any atom is 0.180 e. The Hall–Kier alpha value is -3.35. The molecule has 0 amide bonds. The minimum atomic E-state index is 0.562. The number of benzene rings is 2. The Morgan fingerprint density at radius 3 is 2.62 bits per heavy atom. The zero-order valence-corrected chi connectivity index (χ0v) is 12.6. The van der Waals surface area contributed by atoms with Crippen molar-refractivity contribution in [2.75, 3.05) is 13.2 Å². The number of aromatic amines is 2. The van der Waals surface area contributed by atoms with Crippen LogP contribution in [0.2, 0.25) is 0 Å². The summed E-state index contributed by atoms with van der Waals surface area (Å²) in [6.45, 7) is 1.14. The van der Waals surface area contributed by atoms with E-state index in [0.717, 1.165) is 39.2 Å². The van der Waals surface area contributed by atoms with Crippen LogP contribution in [0.25, 0.3) is 33.5 Å². The van der Waals surface area contributed by atoms with Gasteiger partial charge in [0.05, 0.1) is 5.52 Å². The van der Waals surface area contributed by atoms with Gasteiger partial charge in [0.15, 0.2) is 17.3 Å².